The van der Waals surface area contributed by atoms with Gasteiger partial charge in [-0.15, -0.1) is 0 Å². The molecule has 16 heavy (non-hydrogen) atoms. The molecule has 2 N–H and O–H groups in total. The van der Waals surface area contributed by atoms with Crippen LogP contribution in [0.15, 0.2) is 0 Å². The molecule has 1 heterocycles. The van der Waals surface area contributed by atoms with E-state index < -0.39 is 0 Å². The standard InChI is InChI=1S/C13H27N3/c1-3-15-8-9-16(10-11(15)2)13-7-5-4-6-12(13)14/h11-13H,3-10,14H2,1-2H3. The van der Waals surface area contributed by atoms with Gasteiger partial charge in [-0.1, -0.05) is 19.8 Å². The summed E-state index contributed by atoms with van der Waals surface area (Å²) >= 11 is 0. The van der Waals surface area contributed by atoms with Gasteiger partial charge in [0, 0.05) is 37.8 Å². The number of likely N-dealkylation sites (N-methyl/N-ethyl adjacent to an activating group) is 1. The van der Waals surface area contributed by atoms with Crippen molar-refractivity contribution in [2.75, 3.05) is 26.2 Å². The predicted octanol–water partition coefficient (Wildman–Crippen LogP) is 1.28. The highest BCUT2D eigenvalue weighted by molar-refractivity contribution is 4.90. The summed E-state index contributed by atoms with van der Waals surface area (Å²) < 4.78 is 0. The molecule has 3 atom stereocenters. The van der Waals surface area contributed by atoms with Crippen molar-refractivity contribution in [3.05, 3.63) is 0 Å². The van der Waals surface area contributed by atoms with E-state index in [-0.39, 0.29) is 0 Å². The third-order valence-electron chi connectivity index (χ3n) is 4.45. The molecule has 0 spiro atoms. The molecule has 2 aliphatic rings. The smallest absolute Gasteiger partial charge is 0.0248 e. The van der Waals surface area contributed by atoms with E-state index in [1.807, 2.05) is 0 Å². The van der Waals surface area contributed by atoms with Crippen LogP contribution in [0, 0.1) is 0 Å². The quantitative estimate of drug-likeness (QED) is 0.768. The fourth-order valence-corrected chi connectivity index (χ4v) is 3.39. The average molecular weight is 225 g/mol. The lowest BCUT2D eigenvalue weighted by molar-refractivity contribution is 0.0392. The van der Waals surface area contributed by atoms with Crippen molar-refractivity contribution in [1.82, 2.24) is 9.80 Å². The second-order valence-corrected chi connectivity index (χ2v) is 5.49. The summed E-state index contributed by atoms with van der Waals surface area (Å²) in [4.78, 5) is 5.23. The summed E-state index contributed by atoms with van der Waals surface area (Å²) in [5, 5.41) is 0. The molecular formula is C13H27N3. The minimum absolute atomic E-state index is 0.425. The maximum Gasteiger partial charge on any atom is 0.0248 e. The minimum Gasteiger partial charge on any atom is -0.326 e. The van der Waals surface area contributed by atoms with Crippen LogP contribution in [0.3, 0.4) is 0 Å². The largest absolute Gasteiger partial charge is 0.326 e. The van der Waals surface area contributed by atoms with E-state index in [9.17, 15) is 0 Å². The van der Waals surface area contributed by atoms with Crippen LogP contribution in [0.2, 0.25) is 0 Å². The number of nitrogens with zero attached hydrogens (tertiary/aromatic N) is 2. The molecule has 2 rings (SSSR count). The molecule has 3 unspecified atom stereocenters. The van der Waals surface area contributed by atoms with Crippen LogP contribution in [0.5, 0.6) is 0 Å². The topological polar surface area (TPSA) is 32.5 Å². The average Bonchev–Trinajstić information content (AvgIpc) is 2.29. The van der Waals surface area contributed by atoms with E-state index in [4.69, 9.17) is 5.73 Å². The van der Waals surface area contributed by atoms with E-state index >= 15 is 0 Å². The summed E-state index contributed by atoms with van der Waals surface area (Å²) in [6.45, 7) is 9.46. The predicted molar refractivity (Wildman–Crippen MR) is 68.5 cm³/mol. The van der Waals surface area contributed by atoms with E-state index in [1.54, 1.807) is 0 Å². The van der Waals surface area contributed by atoms with Crippen LogP contribution < -0.4 is 5.73 Å². The highest BCUT2D eigenvalue weighted by Gasteiger charge is 2.31. The van der Waals surface area contributed by atoms with Gasteiger partial charge in [-0.2, -0.15) is 0 Å². The Morgan fingerprint density at radius 2 is 1.94 bits per heavy atom. The molecule has 1 saturated carbocycles. The maximum atomic E-state index is 6.27. The molecule has 1 aliphatic heterocycles. The van der Waals surface area contributed by atoms with Gasteiger partial charge in [0.2, 0.25) is 0 Å². The first-order valence-corrected chi connectivity index (χ1v) is 6.96. The van der Waals surface area contributed by atoms with Crippen molar-refractivity contribution in [2.24, 2.45) is 5.73 Å². The van der Waals surface area contributed by atoms with E-state index in [1.165, 1.54) is 51.9 Å². The van der Waals surface area contributed by atoms with Crippen molar-refractivity contribution < 1.29 is 0 Å². The Labute approximate surface area is 100.0 Å². The van der Waals surface area contributed by atoms with Gasteiger partial charge in [0.25, 0.3) is 0 Å². The van der Waals surface area contributed by atoms with Crippen LogP contribution in [-0.2, 0) is 0 Å². The normalized spacial score (nSPS) is 38.8. The molecule has 3 heteroatoms. The molecule has 2 fully saturated rings. The zero-order valence-corrected chi connectivity index (χ0v) is 10.9. The number of hydrogen-bond donors (Lipinski definition) is 1. The molecule has 3 nitrogen and oxygen atoms in total. The Morgan fingerprint density at radius 1 is 1.19 bits per heavy atom. The minimum atomic E-state index is 0.425. The lowest BCUT2D eigenvalue weighted by Gasteiger charge is -2.46. The first-order chi connectivity index (χ1) is 7.72. The zero-order valence-electron chi connectivity index (χ0n) is 10.9. The van der Waals surface area contributed by atoms with Gasteiger partial charge in [-0.25, -0.2) is 0 Å². The summed E-state index contributed by atoms with van der Waals surface area (Å²) in [5.74, 6) is 0. The number of piperazine rings is 1. The van der Waals surface area contributed by atoms with Gasteiger partial charge in [-0.05, 0) is 26.3 Å². The van der Waals surface area contributed by atoms with E-state index in [0.29, 0.717) is 18.1 Å². The second kappa shape index (κ2) is 5.48. The number of nitrogens with two attached hydrogens (primary N) is 1. The molecule has 0 amide bonds. The Morgan fingerprint density at radius 3 is 2.56 bits per heavy atom. The summed E-state index contributed by atoms with van der Waals surface area (Å²) in [6, 6.07) is 1.79. The molecule has 0 radical (unpaired) electrons. The van der Waals surface area contributed by atoms with Gasteiger partial charge >= 0.3 is 0 Å². The Hall–Kier alpha value is -0.120. The summed E-state index contributed by atoms with van der Waals surface area (Å²) in [5.41, 5.74) is 6.27. The van der Waals surface area contributed by atoms with Crippen molar-refractivity contribution in [2.45, 2.75) is 57.7 Å². The SMILES string of the molecule is CCN1CCN(C2CCCCC2N)CC1C. The Balaban J connectivity index is 1.90. The highest BCUT2D eigenvalue weighted by atomic mass is 15.3. The van der Waals surface area contributed by atoms with Gasteiger partial charge in [0.1, 0.15) is 0 Å². The van der Waals surface area contributed by atoms with Gasteiger partial charge in [-0.3, -0.25) is 9.80 Å². The van der Waals surface area contributed by atoms with Crippen molar-refractivity contribution in [1.29, 1.82) is 0 Å². The summed E-state index contributed by atoms with van der Waals surface area (Å²) in [6.07, 6.45) is 5.26. The van der Waals surface area contributed by atoms with Gasteiger partial charge in [0.15, 0.2) is 0 Å². The second-order valence-electron chi connectivity index (χ2n) is 5.49. The Bertz CT molecular complexity index is 219. The van der Waals surface area contributed by atoms with Crippen LogP contribution in [0.25, 0.3) is 0 Å². The first-order valence-electron chi connectivity index (χ1n) is 6.96. The molecule has 0 aromatic carbocycles. The third-order valence-corrected chi connectivity index (χ3v) is 4.45. The monoisotopic (exact) mass is 225 g/mol. The van der Waals surface area contributed by atoms with Gasteiger partial charge in [0.05, 0.1) is 0 Å². The zero-order chi connectivity index (χ0) is 11.5. The van der Waals surface area contributed by atoms with E-state index in [2.05, 4.69) is 23.6 Å². The fraction of sp³-hybridized carbons (Fsp3) is 1.00. The molecule has 0 aromatic rings. The molecule has 0 aromatic heterocycles. The maximum absolute atomic E-state index is 6.27. The lowest BCUT2D eigenvalue weighted by Crippen LogP contribution is -2.59. The molecule has 1 aliphatic carbocycles. The van der Waals surface area contributed by atoms with Gasteiger partial charge < -0.3 is 5.73 Å². The van der Waals surface area contributed by atoms with Crippen molar-refractivity contribution >= 4 is 0 Å². The molecular weight excluding hydrogens is 198 g/mol. The highest BCUT2D eigenvalue weighted by Crippen LogP contribution is 2.24. The number of rotatable bonds is 2. The lowest BCUT2D eigenvalue weighted by atomic mass is 9.89. The van der Waals surface area contributed by atoms with Crippen LogP contribution in [0.4, 0.5) is 0 Å². The first kappa shape index (κ1) is 12.3. The van der Waals surface area contributed by atoms with Crippen molar-refractivity contribution in [3.8, 4) is 0 Å². The van der Waals surface area contributed by atoms with Crippen LogP contribution >= 0.6 is 0 Å². The molecule has 94 valence electrons. The Kier molecular flexibility index (Phi) is 4.22. The van der Waals surface area contributed by atoms with Crippen molar-refractivity contribution in [3.63, 3.8) is 0 Å². The third kappa shape index (κ3) is 2.58. The van der Waals surface area contributed by atoms with Crippen LogP contribution in [0.1, 0.15) is 39.5 Å². The summed E-state index contributed by atoms with van der Waals surface area (Å²) in [7, 11) is 0. The molecule has 1 saturated heterocycles. The number of hydrogen-bond acceptors (Lipinski definition) is 3. The fourth-order valence-electron chi connectivity index (χ4n) is 3.39. The van der Waals surface area contributed by atoms with Crippen LogP contribution in [-0.4, -0.2) is 54.1 Å². The van der Waals surface area contributed by atoms with E-state index in [0.717, 1.165) is 0 Å². The molecule has 0 bridgehead atoms.